The topological polar surface area (TPSA) is 55.1 Å². The molecule has 1 aromatic rings. The van der Waals surface area contributed by atoms with Gasteiger partial charge in [-0.3, -0.25) is 4.79 Å². The van der Waals surface area contributed by atoms with E-state index in [9.17, 15) is 4.79 Å². The molecule has 1 aromatic carbocycles. The van der Waals surface area contributed by atoms with E-state index >= 15 is 0 Å². The zero-order valence-electron chi connectivity index (χ0n) is 8.76. The van der Waals surface area contributed by atoms with Crippen LogP contribution in [-0.4, -0.2) is 12.5 Å². The van der Waals surface area contributed by atoms with Gasteiger partial charge in [0.25, 0.3) is 0 Å². The summed E-state index contributed by atoms with van der Waals surface area (Å²) in [4.78, 5) is 10.6. The fourth-order valence-corrected chi connectivity index (χ4v) is 1.64. The molecule has 0 unspecified atom stereocenters. The van der Waals surface area contributed by atoms with Gasteiger partial charge < -0.3 is 11.1 Å². The number of carbonyl (C=O) groups is 1. The molecule has 5 heteroatoms. The van der Waals surface area contributed by atoms with Crippen molar-refractivity contribution in [3.63, 3.8) is 0 Å². The minimum atomic E-state index is -0.0817. The smallest absolute Gasteiger partial charge is 0.217 e. The normalized spacial score (nSPS) is 10.7. The summed E-state index contributed by atoms with van der Waals surface area (Å²) in [6, 6.07) is 3.30. The molecule has 0 heterocycles. The summed E-state index contributed by atoms with van der Waals surface area (Å²) in [5.74, 6) is -0.0817. The van der Waals surface area contributed by atoms with Crippen molar-refractivity contribution >= 4 is 40.9 Å². The lowest BCUT2D eigenvalue weighted by Crippen LogP contribution is -2.19. The second kappa shape index (κ2) is 5.77. The van der Waals surface area contributed by atoms with Crippen LogP contribution in [0.1, 0.15) is 12.5 Å². The fraction of sp³-hybridized carbons (Fsp3) is 0.182. The van der Waals surface area contributed by atoms with Crippen LogP contribution in [0.2, 0.25) is 10.0 Å². The van der Waals surface area contributed by atoms with Crippen molar-refractivity contribution in [2.45, 2.75) is 6.92 Å². The van der Waals surface area contributed by atoms with Crippen molar-refractivity contribution in [3.05, 3.63) is 33.8 Å². The van der Waals surface area contributed by atoms with Gasteiger partial charge in [-0.25, -0.2) is 0 Å². The molecule has 0 aliphatic carbocycles. The van der Waals surface area contributed by atoms with E-state index in [1.807, 2.05) is 0 Å². The largest absolute Gasteiger partial charge is 0.397 e. The van der Waals surface area contributed by atoms with Crippen molar-refractivity contribution in [3.8, 4) is 0 Å². The van der Waals surface area contributed by atoms with Crippen molar-refractivity contribution in [2.75, 3.05) is 12.3 Å². The number of carbonyl (C=O) groups excluding carboxylic acids is 1. The average molecular weight is 259 g/mol. The van der Waals surface area contributed by atoms with E-state index in [0.29, 0.717) is 22.3 Å². The van der Waals surface area contributed by atoms with Crippen LogP contribution >= 0.6 is 23.2 Å². The molecule has 86 valence electrons. The van der Waals surface area contributed by atoms with Gasteiger partial charge in [0, 0.05) is 24.1 Å². The third-order valence-corrected chi connectivity index (χ3v) is 2.42. The molecule has 0 saturated carbocycles. The first-order valence-corrected chi connectivity index (χ1v) is 5.42. The van der Waals surface area contributed by atoms with E-state index in [1.54, 1.807) is 24.3 Å². The molecule has 0 bridgehead atoms. The first kappa shape index (κ1) is 12.9. The Morgan fingerprint density at radius 3 is 2.81 bits per heavy atom. The molecule has 0 fully saturated rings. The van der Waals surface area contributed by atoms with Gasteiger partial charge in [-0.15, -0.1) is 0 Å². The number of nitrogen functional groups attached to an aromatic ring is 1. The fourth-order valence-electron chi connectivity index (χ4n) is 1.13. The van der Waals surface area contributed by atoms with Crippen LogP contribution in [0.4, 0.5) is 5.69 Å². The van der Waals surface area contributed by atoms with Crippen molar-refractivity contribution in [1.82, 2.24) is 5.32 Å². The van der Waals surface area contributed by atoms with Gasteiger partial charge in [-0.2, -0.15) is 0 Å². The predicted octanol–water partition coefficient (Wildman–Crippen LogP) is 2.72. The van der Waals surface area contributed by atoms with Gasteiger partial charge in [0.15, 0.2) is 0 Å². The number of nitrogens with two attached hydrogens (primary N) is 1. The summed E-state index contributed by atoms with van der Waals surface area (Å²) in [5.41, 5.74) is 6.98. The summed E-state index contributed by atoms with van der Waals surface area (Å²) >= 11 is 11.7. The number of hydrogen-bond donors (Lipinski definition) is 2. The van der Waals surface area contributed by atoms with Crippen molar-refractivity contribution < 1.29 is 4.79 Å². The maximum absolute atomic E-state index is 10.6. The van der Waals surface area contributed by atoms with Crippen LogP contribution in [0.25, 0.3) is 6.08 Å². The number of rotatable bonds is 3. The Kier molecular flexibility index (Phi) is 4.65. The molecule has 1 rings (SSSR count). The summed E-state index contributed by atoms with van der Waals surface area (Å²) in [6.07, 6.45) is 3.54. The van der Waals surface area contributed by atoms with Gasteiger partial charge in [0.05, 0.1) is 10.7 Å². The van der Waals surface area contributed by atoms with Crippen molar-refractivity contribution in [2.24, 2.45) is 0 Å². The molecule has 0 radical (unpaired) electrons. The standard InChI is InChI=1S/C11H12Cl2N2O/c1-7(16)15-4-2-3-8-5-9(12)6-10(13)11(8)14/h2-3,5-6H,4,14H2,1H3,(H,15,16). The Hall–Kier alpha value is -1.19. The lowest BCUT2D eigenvalue weighted by Gasteiger charge is -2.04. The predicted molar refractivity (Wildman–Crippen MR) is 68.6 cm³/mol. The molecule has 0 aliphatic heterocycles. The highest BCUT2D eigenvalue weighted by atomic mass is 35.5. The first-order chi connectivity index (χ1) is 7.50. The second-order valence-corrected chi connectivity index (χ2v) is 4.07. The van der Waals surface area contributed by atoms with Crippen LogP contribution in [0.5, 0.6) is 0 Å². The Labute approximate surface area is 104 Å². The van der Waals surface area contributed by atoms with Gasteiger partial charge in [0.1, 0.15) is 0 Å². The number of nitrogens with one attached hydrogen (secondary N) is 1. The molecule has 3 N–H and O–H groups in total. The molecular weight excluding hydrogens is 247 g/mol. The number of hydrogen-bond acceptors (Lipinski definition) is 2. The highest BCUT2D eigenvalue weighted by molar-refractivity contribution is 6.36. The minimum Gasteiger partial charge on any atom is -0.397 e. The Morgan fingerprint density at radius 1 is 1.50 bits per heavy atom. The Balaban J connectivity index is 2.77. The van der Waals surface area contributed by atoms with E-state index in [2.05, 4.69) is 5.32 Å². The molecule has 0 saturated heterocycles. The van der Waals surface area contributed by atoms with E-state index in [0.717, 1.165) is 5.56 Å². The molecular formula is C11H12Cl2N2O. The SMILES string of the molecule is CC(=O)NCC=Cc1cc(Cl)cc(Cl)c1N. The summed E-state index contributed by atoms with van der Waals surface area (Å²) in [7, 11) is 0. The van der Waals surface area contributed by atoms with Crippen LogP contribution in [0.3, 0.4) is 0 Å². The number of anilines is 1. The quantitative estimate of drug-likeness (QED) is 0.820. The van der Waals surface area contributed by atoms with E-state index in [-0.39, 0.29) is 5.91 Å². The third-order valence-electron chi connectivity index (χ3n) is 1.89. The number of benzene rings is 1. The van der Waals surface area contributed by atoms with Gasteiger partial charge >= 0.3 is 0 Å². The van der Waals surface area contributed by atoms with Crippen molar-refractivity contribution in [1.29, 1.82) is 0 Å². The zero-order valence-corrected chi connectivity index (χ0v) is 10.3. The zero-order chi connectivity index (χ0) is 12.1. The maximum atomic E-state index is 10.6. The summed E-state index contributed by atoms with van der Waals surface area (Å²) in [6.45, 7) is 1.90. The highest BCUT2D eigenvalue weighted by Gasteiger charge is 2.02. The molecule has 3 nitrogen and oxygen atoms in total. The van der Waals surface area contributed by atoms with E-state index < -0.39 is 0 Å². The average Bonchev–Trinajstić information content (AvgIpc) is 2.19. The third kappa shape index (κ3) is 3.76. The maximum Gasteiger partial charge on any atom is 0.217 e. The summed E-state index contributed by atoms with van der Waals surface area (Å²) in [5, 5.41) is 3.58. The highest BCUT2D eigenvalue weighted by Crippen LogP contribution is 2.28. The van der Waals surface area contributed by atoms with Crippen LogP contribution in [0.15, 0.2) is 18.2 Å². The van der Waals surface area contributed by atoms with Crippen LogP contribution in [-0.2, 0) is 4.79 Å². The summed E-state index contributed by atoms with van der Waals surface area (Å²) < 4.78 is 0. The number of amides is 1. The van der Waals surface area contributed by atoms with Gasteiger partial charge in [0.2, 0.25) is 5.91 Å². The first-order valence-electron chi connectivity index (χ1n) is 4.66. The second-order valence-electron chi connectivity index (χ2n) is 3.23. The van der Waals surface area contributed by atoms with E-state index in [4.69, 9.17) is 28.9 Å². The molecule has 16 heavy (non-hydrogen) atoms. The van der Waals surface area contributed by atoms with Gasteiger partial charge in [-0.1, -0.05) is 35.4 Å². The monoisotopic (exact) mass is 258 g/mol. The molecule has 0 aromatic heterocycles. The molecule has 1 amide bonds. The molecule has 0 spiro atoms. The van der Waals surface area contributed by atoms with Crippen LogP contribution < -0.4 is 11.1 Å². The molecule has 0 aliphatic rings. The lowest BCUT2D eigenvalue weighted by atomic mass is 10.1. The number of halogens is 2. The molecule has 0 atom stereocenters. The Morgan fingerprint density at radius 2 is 2.19 bits per heavy atom. The van der Waals surface area contributed by atoms with Gasteiger partial charge in [-0.05, 0) is 12.1 Å². The lowest BCUT2D eigenvalue weighted by molar-refractivity contribution is -0.118. The van der Waals surface area contributed by atoms with E-state index in [1.165, 1.54) is 6.92 Å². The Bertz CT molecular complexity index is 430. The minimum absolute atomic E-state index is 0.0817. The van der Waals surface area contributed by atoms with Crippen LogP contribution in [0, 0.1) is 0 Å².